The Morgan fingerprint density at radius 3 is 2.56 bits per heavy atom. The maximum Gasteiger partial charge on any atom is 0.0352 e. The highest BCUT2D eigenvalue weighted by atomic mass is 14.9. The van der Waals surface area contributed by atoms with Crippen molar-refractivity contribution >= 4 is 10.8 Å². The minimum absolute atomic E-state index is 0.551. The summed E-state index contributed by atoms with van der Waals surface area (Å²) in [5.74, 6) is 0.855. The summed E-state index contributed by atoms with van der Waals surface area (Å²) in [5, 5.41) is 6.58. The fourth-order valence-electron chi connectivity index (χ4n) is 3.62. The molecule has 0 bridgehead atoms. The van der Waals surface area contributed by atoms with E-state index in [0.717, 1.165) is 5.92 Å². The van der Waals surface area contributed by atoms with Crippen LogP contribution in [-0.2, 0) is 12.8 Å². The summed E-state index contributed by atoms with van der Waals surface area (Å²) in [5.41, 5.74) is 4.62. The highest BCUT2D eigenvalue weighted by Gasteiger charge is 2.32. The van der Waals surface area contributed by atoms with Crippen molar-refractivity contribution in [2.75, 3.05) is 7.05 Å². The largest absolute Gasteiger partial charge is 0.313 e. The minimum Gasteiger partial charge on any atom is -0.313 e. The molecule has 0 spiro atoms. The van der Waals surface area contributed by atoms with E-state index in [9.17, 15) is 0 Å². The van der Waals surface area contributed by atoms with Crippen LogP contribution in [0.4, 0.5) is 0 Å². The number of aryl methyl sites for hydroxylation is 2. The van der Waals surface area contributed by atoms with Crippen LogP contribution in [0.5, 0.6) is 0 Å². The summed E-state index contributed by atoms with van der Waals surface area (Å²) in [7, 11) is 2.10. The molecule has 0 saturated heterocycles. The Balaban J connectivity index is 1.96. The first kappa shape index (κ1) is 10.6. The Hall–Kier alpha value is -1.34. The number of nitrogens with one attached hydrogen (secondary N) is 1. The molecule has 2 aliphatic rings. The van der Waals surface area contributed by atoms with Crippen LogP contribution in [0.25, 0.3) is 10.8 Å². The molecule has 1 unspecified atom stereocenters. The summed E-state index contributed by atoms with van der Waals surface area (Å²) < 4.78 is 0. The fraction of sp³-hybridized carbons (Fsp3) is 0.412. The quantitative estimate of drug-likeness (QED) is 0.860. The molecule has 2 aliphatic carbocycles. The molecule has 2 aromatic carbocycles. The second-order valence-electron chi connectivity index (χ2n) is 5.76. The SMILES string of the molecule is CNC(c1ccc2c3c(cccc13)CC2)C1CC1. The molecular formula is C17H19N. The summed E-state index contributed by atoms with van der Waals surface area (Å²) in [6.45, 7) is 0. The number of rotatable bonds is 3. The van der Waals surface area contributed by atoms with Crippen molar-refractivity contribution in [3.8, 4) is 0 Å². The molecule has 1 fully saturated rings. The lowest BCUT2D eigenvalue weighted by atomic mass is 9.93. The topological polar surface area (TPSA) is 12.0 Å². The molecule has 0 amide bonds. The zero-order valence-corrected chi connectivity index (χ0v) is 10.9. The number of hydrogen-bond donors (Lipinski definition) is 1. The first-order valence-corrected chi connectivity index (χ1v) is 7.09. The highest BCUT2D eigenvalue weighted by Crippen LogP contribution is 2.44. The molecule has 1 N–H and O–H groups in total. The van der Waals surface area contributed by atoms with Gasteiger partial charge < -0.3 is 5.32 Å². The van der Waals surface area contributed by atoms with Gasteiger partial charge in [0.1, 0.15) is 0 Å². The van der Waals surface area contributed by atoms with Gasteiger partial charge in [-0.25, -0.2) is 0 Å². The maximum atomic E-state index is 3.53. The van der Waals surface area contributed by atoms with Gasteiger partial charge in [0.05, 0.1) is 0 Å². The third-order valence-electron chi connectivity index (χ3n) is 4.65. The van der Waals surface area contributed by atoms with Gasteiger partial charge in [0, 0.05) is 6.04 Å². The summed E-state index contributed by atoms with van der Waals surface area (Å²) >= 11 is 0. The van der Waals surface area contributed by atoms with Crippen molar-refractivity contribution in [1.29, 1.82) is 0 Å². The van der Waals surface area contributed by atoms with Crippen LogP contribution in [0.1, 0.15) is 35.6 Å². The van der Waals surface area contributed by atoms with E-state index in [4.69, 9.17) is 0 Å². The Kier molecular flexibility index (Phi) is 2.25. The van der Waals surface area contributed by atoms with Gasteiger partial charge in [0.25, 0.3) is 0 Å². The van der Waals surface area contributed by atoms with Crippen molar-refractivity contribution < 1.29 is 0 Å². The van der Waals surface area contributed by atoms with Crippen molar-refractivity contribution in [1.82, 2.24) is 5.32 Å². The number of hydrogen-bond acceptors (Lipinski definition) is 1. The lowest BCUT2D eigenvalue weighted by Crippen LogP contribution is -2.18. The molecule has 0 aliphatic heterocycles. The molecule has 1 atom stereocenters. The zero-order valence-electron chi connectivity index (χ0n) is 10.9. The second-order valence-corrected chi connectivity index (χ2v) is 5.76. The van der Waals surface area contributed by atoms with E-state index in [2.05, 4.69) is 42.7 Å². The third kappa shape index (κ3) is 1.44. The van der Waals surface area contributed by atoms with Gasteiger partial charge in [-0.3, -0.25) is 0 Å². The van der Waals surface area contributed by atoms with Gasteiger partial charge in [0.2, 0.25) is 0 Å². The molecule has 1 saturated carbocycles. The van der Waals surface area contributed by atoms with Gasteiger partial charge >= 0.3 is 0 Å². The van der Waals surface area contributed by atoms with E-state index in [1.54, 1.807) is 16.5 Å². The van der Waals surface area contributed by atoms with E-state index in [0.29, 0.717) is 6.04 Å². The normalized spacial score (nSPS) is 19.4. The molecule has 4 rings (SSSR count). The Morgan fingerprint density at radius 1 is 1.06 bits per heavy atom. The van der Waals surface area contributed by atoms with Crippen LogP contribution in [0.2, 0.25) is 0 Å². The molecule has 18 heavy (non-hydrogen) atoms. The van der Waals surface area contributed by atoms with Gasteiger partial charge in [-0.2, -0.15) is 0 Å². The summed E-state index contributed by atoms with van der Waals surface area (Å²) in [6, 6.07) is 12.1. The van der Waals surface area contributed by atoms with E-state index in [1.807, 2.05) is 0 Å². The van der Waals surface area contributed by atoms with Crippen LogP contribution in [0.3, 0.4) is 0 Å². The highest BCUT2D eigenvalue weighted by molar-refractivity contribution is 5.93. The Morgan fingerprint density at radius 2 is 1.83 bits per heavy atom. The van der Waals surface area contributed by atoms with Crippen LogP contribution < -0.4 is 5.32 Å². The molecule has 1 nitrogen and oxygen atoms in total. The molecule has 0 aromatic heterocycles. The smallest absolute Gasteiger partial charge is 0.0352 e. The predicted octanol–water partition coefficient (Wildman–Crippen LogP) is 3.61. The summed E-state index contributed by atoms with van der Waals surface area (Å²) in [4.78, 5) is 0. The molecule has 92 valence electrons. The first-order chi connectivity index (χ1) is 8.88. The maximum absolute atomic E-state index is 3.53. The van der Waals surface area contributed by atoms with Gasteiger partial charge in [-0.05, 0) is 66.1 Å². The molecule has 1 heteroatoms. The molecule has 2 aromatic rings. The Labute approximate surface area is 108 Å². The van der Waals surface area contributed by atoms with Crippen molar-refractivity contribution in [3.63, 3.8) is 0 Å². The molecular weight excluding hydrogens is 218 g/mol. The standard InChI is InChI=1S/C17H19N/c1-18-17(13-7-8-13)15-10-9-12-6-5-11-3-2-4-14(15)16(11)12/h2-4,9-10,13,17-18H,5-8H2,1H3. The molecule has 0 radical (unpaired) electrons. The van der Waals surface area contributed by atoms with Crippen molar-refractivity contribution in [3.05, 3.63) is 47.0 Å². The average Bonchev–Trinajstić information content (AvgIpc) is 3.15. The fourth-order valence-corrected chi connectivity index (χ4v) is 3.62. The third-order valence-corrected chi connectivity index (χ3v) is 4.65. The summed E-state index contributed by atoms with van der Waals surface area (Å²) in [6.07, 6.45) is 5.22. The van der Waals surface area contributed by atoms with Crippen molar-refractivity contribution in [2.45, 2.75) is 31.7 Å². The second kappa shape index (κ2) is 3.83. The Bertz CT molecular complexity index is 600. The lowest BCUT2D eigenvalue weighted by Gasteiger charge is -2.19. The molecule has 0 heterocycles. The van der Waals surface area contributed by atoms with Crippen LogP contribution in [-0.4, -0.2) is 7.05 Å². The average molecular weight is 237 g/mol. The lowest BCUT2D eigenvalue weighted by molar-refractivity contribution is 0.532. The first-order valence-electron chi connectivity index (χ1n) is 7.09. The predicted molar refractivity (Wildman–Crippen MR) is 75.9 cm³/mol. The van der Waals surface area contributed by atoms with E-state index >= 15 is 0 Å². The van der Waals surface area contributed by atoms with E-state index in [1.165, 1.54) is 36.6 Å². The van der Waals surface area contributed by atoms with Crippen LogP contribution in [0, 0.1) is 5.92 Å². The minimum atomic E-state index is 0.551. The van der Waals surface area contributed by atoms with Crippen LogP contribution >= 0.6 is 0 Å². The monoisotopic (exact) mass is 237 g/mol. The van der Waals surface area contributed by atoms with E-state index in [-0.39, 0.29) is 0 Å². The zero-order chi connectivity index (χ0) is 12.1. The number of benzene rings is 2. The van der Waals surface area contributed by atoms with E-state index < -0.39 is 0 Å². The van der Waals surface area contributed by atoms with Crippen LogP contribution in [0.15, 0.2) is 30.3 Å². The van der Waals surface area contributed by atoms with Gasteiger partial charge in [-0.1, -0.05) is 30.3 Å². The van der Waals surface area contributed by atoms with Gasteiger partial charge in [-0.15, -0.1) is 0 Å². The van der Waals surface area contributed by atoms with Crippen molar-refractivity contribution in [2.24, 2.45) is 5.92 Å². The van der Waals surface area contributed by atoms with Gasteiger partial charge in [0.15, 0.2) is 0 Å².